The average Bonchev–Trinajstić information content (AvgIpc) is 3.57. The molecule has 0 amide bonds. The van der Waals surface area contributed by atoms with Gasteiger partial charge in [-0.15, -0.1) is 0 Å². The summed E-state index contributed by atoms with van der Waals surface area (Å²) >= 11 is 0. The summed E-state index contributed by atoms with van der Waals surface area (Å²) < 4.78 is 39.5. The lowest BCUT2D eigenvalue weighted by Crippen LogP contribution is -2.40. The fourth-order valence-corrected chi connectivity index (χ4v) is 4.97. The highest BCUT2D eigenvalue weighted by Gasteiger charge is 2.35. The van der Waals surface area contributed by atoms with E-state index in [4.69, 9.17) is 19.4 Å². The molecule has 0 unspecified atom stereocenters. The predicted molar refractivity (Wildman–Crippen MR) is 140 cm³/mol. The van der Waals surface area contributed by atoms with Crippen molar-refractivity contribution in [1.29, 1.82) is 0 Å². The molecular formula is C26H35F2N7O2. The molecule has 1 N–H and O–H groups in total. The molecule has 2 aliphatic heterocycles. The van der Waals surface area contributed by atoms with E-state index in [0.29, 0.717) is 41.2 Å². The Morgan fingerprint density at radius 3 is 2.49 bits per heavy atom. The molecule has 1 aromatic carbocycles. The van der Waals surface area contributed by atoms with Crippen LogP contribution in [-0.4, -0.2) is 84.5 Å². The number of methoxy groups -OCH3 is 1. The first-order valence-corrected chi connectivity index (χ1v) is 13.0. The summed E-state index contributed by atoms with van der Waals surface area (Å²) in [7, 11) is 3.49. The van der Waals surface area contributed by atoms with Crippen molar-refractivity contribution >= 4 is 28.5 Å². The topological polar surface area (TPSA) is 82.6 Å². The number of halogens is 2. The number of hydrogen-bond donors (Lipinski definition) is 1. The van der Waals surface area contributed by atoms with Gasteiger partial charge in [0.1, 0.15) is 5.82 Å². The molecule has 2 saturated heterocycles. The minimum Gasteiger partial charge on any atom is -0.493 e. The molecule has 37 heavy (non-hydrogen) atoms. The van der Waals surface area contributed by atoms with Crippen molar-refractivity contribution in [1.82, 2.24) is 25.1 Å². The summed E-state index contributed by atoms with van der Waals surface area (Å²) in [6, 6.07) is 5.66. The van der Waals surface area contributed by atoms with Crippen molar-refractivity contribution < 1.29 is 18.3 Å². The fourth-order valence-electron chi connectivity index (χ4n) is 4.97. The molecule has 0 radical (unpaired) electrons. The second-order valence-corrected chi connectivity index (χ2v) is 9.93. The zero-order chi connectivity index (χ0) is 26.0. The maximum Gasteiger partial charge on any atom is 0.251 e. The Hall–Kier alpha value is -3.21. The van der Waals surface area contributed by atoms with Crippen molar-refractivity contribution in [3.05, 3.63) is 23.9 Å². The van der Waals surface area contributed by atoms with Crippen molar-refractivity contribution in [2.24, 2.45) is 0 Å². The van der Waals surface area contributed by atoms with E-state index in [1.807, 2.05) is 42.0 Å². The number of alkyl halides is 2. The van der Waals surface area contributed by atoms with Crippen molar-refractivity contribution in [2.45, 2.75) is 45.0 Å². The molecule has 11 heteroatoms. The monoisotopic (exact) mass is 515 g/mol. The lowest BCUT2D eigenvalue weighted by atomic mass is 10.1. The molecule has 0 spiro atoms. The van der Waals surface area contributed by atoms with Gasteiger partial charge in [0, 0.05) is 62.7 Å². The third kappa shape index (κ3) is 5.71. The first-order valence-electron chi connectivity index (χ1n) is 13.0. The minimum atomic E-state index is -2.65. The van der Waals surface area contributed by atoms with E-state index in [9.17, 15) is 8.78 Å². The summed E-state index contributed by atoms with van der Waals surface area (Å²) in [5, 5.41) is 8.09. The van der Waals surface area contributed by atoms with Gasteiger partial charge in [0.2, 0.25) is 5.95 Å². The number of rotatable bonds is 9. The number of likely N-dealkylation sites (tertiary alicyclic amines) is 1. The number of ether oxygens (including phenoxy) is 2. The van der Waals surface area contributed by atoms with Crippen LogP contribution in [0.25, 0.3) is 10.9 Å². The summed E-state index contributed by atoms with van der Waals surface area (Å²) in [5.74, 6) is 0.272. The predicted octanol–water partition coefficient (Wildman–Crippen LogP) is 4.54. The highest BCUT2D eigenvalue weighted by atomic mass is 19.3. The van der Waals surface area contributed by atoms with Crippen LogP contribution >= 0.6 is 0 Å². The third-order valence-corrected chi connectivity index (χ3v) is 7.16. The number of benzene rings is 1. The minimum absolute atomic E-state index is 0.194. The number of H-pyrrole nitrogens is 1. The lowest BCUT2D eigenvalue weighted by Gasteiger charge is -2.32. The Kier molecular flexibility index (Phi) is 7.32. The van der Waals surface area contributed by atoms with Gasteiger partial charge in [-0.3, -0.25) is 5.10 Å². The van der Waals surface area contributed by atoms with Crippen LogP contribution in [0.1, 0.15) is 37.8 Å². The van der Waals surface area contributed by atoms with E-state index < -0.39 is 5.92 Å². The highest BCUT2D eigenvalue weighted by molar-refractivity contribution is 5.94. The van der Waals surface area contributed by atoms with Gasteiger partial charge in [-0.2, -0.15) is 10.1 Å². The molecule has 0 atom stereocenters. The standard InChI is InChI=1S/C26H35F2N7O2/c1-18-15-23(32-31-18)33(2)24-19-16-21(36-3)22(37-14-6-11-34-9-4-5-10-34)17-20(19)29-25(30-24)35-12-7-26(27,28)8-13-35/h15-17H,4-14H2,1-3H3,(H,31,32). The molecule has 4 heterocycles. The van der Waals surface area contributed by atoms with Crippen LogP contribution in [0.15, 0.2) is 18.2 Å². The van der Waals surface area contributed by atoms with E-state index in [1.54, 1.807) is 7.11 Å². The zero-order valence-electron chi connectivity index (χ0n) is 21.8. The molecule has 2 aliphatic rings. The Bertz CT molecular complexity index is 1220. The SMILES string of the molecule is COc1cc2c(N(C)c3cc(C)[nH]n3)nc(N3CCC(F)(F)CC3)nc2cc1OCCCN1CCCC1. The Balaban J connectivity index is 1.47. The highest BCUT2D eigenvalue weighted by Crippen LogP contribution is 2.38. The van der Waals surface area contributed by atoms with Crippen LogP contribution in [0.2, 0.25) is 0 Å². The normalized spacial score (nSPS) is 17.9. The van der Waals surface area contributed by atoms with Crippen LogP contribution in [0.5, 0.6) is 11.5 Å². The van der Waals surface area contributed by atoms with Gasteiger partial charge >= 0.3 is 0 Å². The van der Waals surface area contributed by atoms with Crippen LogP contribution in [-0.2, 0) is 0 Å². The fraction of sp³-hybridized carbons (Fsp3) is 0.577. The quantitative estimate of drug-likeness (QED) is 0.416. The van der Waals surface area contributed by atoms with Crippen LogP contribution < -0.4 is 19.3 Å². The first kappa shape index (κ1) is 25.4. The molecular weight excluding hydrogens is 480 g/mol. The maximum absolute atomic E-state index is 13.8. The summed E-state index contributed by atoms with van der Waals surface area (Å²) in [6.45, 7) is 6.22. The smallest absolute Gasteiger partial charge is 0.251 e. The lowest BCUT2D eigenvalue weighted by molar-refractivity contribution is -0.0222. The van der Waals surface area contributed by atoms with Crippen molar-refractivity contribution in [3.63, 3.8) is 0 Å². The number of fused-ring (bicyclic) bond motifs is 1. The van der Waals surface area contributed by atoms with Crippen LogP contribution in [0.4, 0.5) is 26.4 Å². The van der Waals surface area contributed by atoms with Crippen molar-refractivity contribution in [2.75, 3.05) is 63.3 Å². The second kappa shape index (κ2) is 10.6. The van der Waals surface area contributed by atoms with Gasteiger partial charge in [0.05, 0.1) is 19.2 Å². The van der Waals surface area contributed by atoms with Crippen molar-refractivity contribution in [3.8, 4) is 11.5 Å². The van der Waals surface area contributed by atoms with Gasteiger partial charge < -0.3 is 24.2 Å². The number of anilines is 3. The van der Waals surface area contributed by atoms with E-state index in [-0.39, 0.29) is 25.9 Å². The van der Waals surface area contributed by atoms with E-state index in [0.717, 1.165) is 37.1 Å². The Morgan fingerprint density at radius 2 is 1.81 bits per heavy atom. The summed E-state index contributed by atoms with van der Waals surface area (Å²) in [6.07, 6.45) is 3.03. The largest absolute Gasteiger partial charge is 0.493 e. The van der Waals surface area contributed by atoms with Gasteiger partial charge in [-0.1, -0.05) is 0 Å². The maximum atomic E-state index is 13.8. The molecule has 5 rings (SSSR count). The first-order chi connectivity index (χ1) is 17.8. The van der Waals surface area contributed by atoms with Gasteiger partial charge in [0.25, 0.3) is 5.92 Å². The molecule has 200 valence electrons. The number of nitrogens with one attached hydrogen (secondary N) is 1. The molecule has 2 fully saturated rings. The van der Waals surface area contributed by atoms with E-state index in [1.165, 1.54) is 12.8 Å². The van der Waals surface area contributed by atoms with Gasteiger partial charge in [-0.05, 0) is 45.3 Å². The van der Waals surface area contributed by atoms with E-state index >= 15 is 0 Å². The second-order valence-electron chi connectivity index (χ2n) is 9.93. The van der Waals surface area contributed by atoms with Gasteiger partial charge in [-0.25, -0.2) is 13.8 Å². The molecule has 0 aliphatic carbocycles. The number of aromatic nitrogens is 4. The molecule has 9 nitrogen and oxygen atoms in total. The van der Waals surface area contributed by atoms with Crippen LogP contribution in [0.3, 0.4) is 0 Å². The summed E-state index contributed by atoms with van der Waals surface area (Å²) in [5.41, 5.74) is 1.58. The zero-order valence-corrected chi connectivity index (χ0v) is 21.8. The molecule has 0 saturated carbocycles. The average molecular weight is 516 g/mol. The Labute approximate surface area is 215 Å². The number of hydrogen-bond acceptors (Lipinski definition) is 8. The number of aryl methyl sites for hydroxylation is 1. The number of nitrogens with zero attached hydrogens (tertiary/aromatic N) is 6. The van der Waals surface area contributed by atoms with E-state index in [2.05, 4.69) is 15.1 Å². The third-order valence-electron chi connectivity index (χ3n) is 7.16. The molecule has 3 aromatic rings. The summed E-state index contributed by atoms with van der Waals surface area (Å²) in [4.78, 5) is 15.8. The Morgan fingerprint density at radius 1 is 1.05 bits per heavy atom. The molecule has 0 bridgehead atoms. The number of aromatic amines is 1. The number of piperidine rings is 1. The van der Waals surface area contributed by atoms with Gasteiger partial charge in [0.15, 0.2) is 17.3 Å². The van der Waals surface area contributed by atoms with Crippen LogP contribution in [0, 0.1) is 6.92 Å². The molecule has 2 aromatic heterocycles.